The largest absolute Gasteiger partial charge is 0.488 e. The van der Waals surface area contributed by atoms with Gasteiger partial charge in [-0.1, -0.05) is 32.0 Å². The van der Waals surface area contributed by atoms with E-state index in [0.717, 1.165) is 68.3 Å². The first kappa shape index (κ1) is 34.5. The Morgan fingerprint density at radius 3 is 2.66 bits per heavy atom. The molecule has 3 aliphatic rings. The maximum absolute atomic E-state index is 13.6. The van der Waals surface area contributed by atoms with E-state index < -0.39 is 18.2 Å². The van der Waals surface area contributed by atoms with Gasteiger partial charge in [0.05, 0.1) is 48.7 Å². The summed E-state index contributed by atoms with van der Waals surface area (Å²) in [6.45, 7) is 5.67. The first-order valence-corrected chi connectivity index (χ1v) is 18.0. The van der Waals surface area contributed by atoms with Crippen LogP contribution < -0.4 is 10.1 Å². The van der Waals surface area contributed by atoms with Crippen molar-refractivity contribution >= 4 is 39.9 Å². The molecule has 2 saturated heterocycles. The van der Waals surface area contributed by atoms with Gasteiger partial charge in [0, 0.05) is 37.1 Å². The number of nitrogens with zero attached hydrogens (tertiary/aromatic N) is 4. The molecular formula is C39H43N7O7. The van der Waals surface area contributed by atoms with Crippen LogP contribution in [0, 0.1) is 11.8 Å². The molecule has 8 rings (SSSR count). The third-order valence-electron chi connectivity index (χ3n) is 10.9. The van der Waals surface area contributed by atoms with E-state index in [9.17, 15) is 19.5 Å². The summed E-state index contributed by atoms with van der Waals surface area (Å²) >= 11 is 0. The Bertz CT molecular complexity index is 2230. The molecule has 14 nitrogen and oxygen atoms in total. The van der Waals surface area contributed by atoms with Crippen LogP contribution >= 0.6 is 0 Å². The SMILES string of the molecule is COC[C@H]1C[C@@H](c2nc3c(ccc4cc5c(cc43)OCc3cc(-c4cnc([C@@H]6CCCN6C(=O)[C@@H](NC(=O)OC)C(C)C)[nH]4)ccc3-5)[nH]2)N(C(=O)O)C1. The third kappa shape index (κ3) is 6.20. The summed E-state index contributed by atoms with van der Waals surface area (Å²) in [7, 11) is 2.92. The highest BCUT2D eigenvalue weighted by molar-refractivity contribution is 6.07. The van der Waals surface area contributed by atoms with Gasteiger partial charge >= 0.3 is 12.2 Å². The number of H-pyrrole nitrogens is 2. The lowest BCUT2D eigenvalue weighted by molar-refractivity contribution is -0.135. The zero-order chi connectivity index (χ0) is 37.0. The third-order valence-corrected chi connectivity index (χ3v) is 10.9. The van der Waals surface area contributed by atoms with E-state index in [2.05, 4.69) is 45.6 Å². The number of likely N-dealkylation sites (tertiary alicyclic amines) is 2. The van der Waals surface area contributed by atoms with Crippen molar-refractivity contribution in [3.63, 3.8) is 0 Å². The van der Waals surface area contributed by atoms with E-state index >= 15 is 0 Å². The monoisotopic (exact) mass is 721 g/mol. The zero-order valence-electron chi connectivity index (χ0n) is 30.1. The number of methoxy groups -OCH3 is 2. The van der Waals surface area contributed by atoms with Crippen LogP contribution in [0.4, 0.5) is 9.59 Å². The quantitative estimate of drug-likeness (QED) is 0.141. The first-order valence-electron chi connectivity index (χ1n) is 18.0. The minimum Gasteiger partial charge on any atom is -0.488 e. The van der Waals surface area contributed by atoms with Crippen molar-refractivity contribution in [3.05, 3.63) is 65.9 Å². The normalized spacial score (nSPS) is 20.1. The maximum atomic E-state index is 13.6. The van der Waals surface area contributed by atoms with Gasteiger partial charge in [-0.05, 0) is 71.5 Å². The van der Waals surface area contributed by atoms with Gasteiger partial charge in [-0.2, -0.15) is 0 Å². The molecule has 14 heteroatoms. The van der Waals surface area contributed by atoms with E-state index in [1.165, 1.54) is 12.0 Å². The second-order valence-corrected chi connectivity index (χ2v) is 14.6. The van der Waals surface area contributed by atoms with Crippen LogP contribution in [0.5, 0.6) is 5.75 Å². The molecule has 3 amide bonds. The molecule has 3 aliphatic heterocycles. The van der Waals surface area contributed by atoms with E-state index in [4.69, 9.17) is 24.2 Å². The van der Waals surface area contributed by atoms with Crippen molar-refractivity contribution in [1.29, 1.82) is 0 Å². The Morgan fingerprint density at radius 1 is 1.04 bits per heavy atom. The number of alkyl carbamates (subject to hydrolysis) is 1. The molecule has 53 heavy (non-hydrogen) atoms. The molecule has 0 saturated carbocycles. The van der Waals surface area contributed by atoms with Gasteiger partial charge in [0.25, 0.3) is 0 Å². The highest BCUT2D eigenvalue weighted by Crippen LogP contribution is 2.43. The molecule has 5 aromatic rings. The number of aromatic nitrogens is 4. The van der Waals surface area contributed by atoms with Crippen LogP contribution in [0.3, 0.4) is 0 Å². The number of aromatic amines is 2. The van der Waals surface area contributed by atoms with Gasteiger partial charge in [-0.3, -0.25) is 9.69 Å². The highest BCUT2D eigenvalue weighted by atomic mass is 16.5. The minimum atomic E-state index is -0.963. The summed E-state index contributed by atoms with van der Waals surface area (Å²) in [4.78, 5) is 57.4. The summed E-state index contributed by atoms with van der Waals surface area (Å²) < 4.78 is 16.4. The number of fused-ring (bicyclic) bond motifs is 6. The molecule has 3 aromatic carbocycles. The predicted molar refractivity (Wildman–Crippen MR) is 196 cm³/mol. The van der Waals surface area contributed by atoms with E-state index in [0.29, 0.717) is 44.4 Å². The average Bonchev–Trinajstić information content (AvgIpc) is 3.98. The van der Waals surface area contributed by atoms with Gasteiger partial charge in [-0.15, -0.1) is 0 Å². The van der Waals surface area contributed by atoms with Crippen LogP contribution in [0.1, 0.15) is 62.4 Å². The summed E-state index contributed by atoms with van der Waals surface area (Å²) in [5.41, 5.74) is 6.53. The molecule has 0 bridgehead atoms. The van der Waals surface area contributed by atoms with Crippen molar-refractivity contribution in [3.8, 4) is 28.1 Å². The van der Waals surface area contributed by atoms with Crippen LogP contribution in [0.2, 0.25) is 0 Å². The number of carbonyl (C=O) groups is 3. The molecule has 2 fully saturated rings. The lowest BCUT2D eigenvalue weighted by Gasteiger charge is -2.30. The minimum absolute atomic E-state index is 0.108. The fourth-order valence-corrected chi connectivity index (χ4v) is 8.23. The maximum Gasteiger partial charge on any atom is 0.407 e. The van der Waals surface area contributed by atoms with Gasteiger partial charge in [0.2, 0.25) is 5.91 Å². The average molecular weight is 722 g/mol. The van der Waals surface area contributed by atoms with Crippen molar-refractivity contribution in [2.24, 2.45) is 11.8 Å². The van der Waals surface area contributed by atoms with Gasteiger partial charge in [0.15, 0.2) is 0 Å². The molecule has 0 aliphatic carbocycles. The van der Waals surface area contributed by atoms with Gasteiger partial charge in [-0.25, -0.2) is 19.6 Å². The molecule has 0 spiro atoms. The van der Waals surface area contributed by atoms with Crippen LogP contribution in [0.25, 0.3) is 44.2 Å². The van der Waals surface area contributed by atoms with Crippen LogP contribution in [0.15, 0.2) is 48.7 Å². The fourth-order valence-electron chi connectivity index (χ4n) is 8.23. The number of rotatable bonds is 8. The summed E-state index contributed by atoms with van der Waals surface area (Å²) in [5.74, 6) is 1.96. The smallest absolute Gasteiger partial charge is 0.407 e. The van der Waals surface area contributed by atoms with Crippen molar-refractivity contribution in [2.45, 2.75) is 57.8 Å². The number of carbonyl (C=O) groups excluding carboxylic acids is 2. The molecule has 276 valence electrons. The summed E-state index contributed by atoms with van der Waals surface area (Å²) in [6.07, 6.45) is 2.46. The number of hydrogen-bond acceptors (Lipinski definition) is 8. The Kier molecular flexibility index (Phi) is 8.93. The molecule has 0 unspecified atom stereocenters. The lowest BCUT2D eigenvalue weighted by Crippen LogP contribution is -2.51. The van der Waals surface area contributed by atoms with Crippen molar-refractivity contribution in [2.75, 3.05) is 33.9 Å². The number of hydrogen-bond donors (Lipinski definition) is 4. The number of benzene rings is 3. The van der Waals surface area contributed by atoms with Crippen LogP contribution in [-0.2, 0) is 20.9 Å². The molecule has 4 atom stereocenters. The predicted octanol–water partition coefficient (Wildman–Crippen LogP) is 6.40. The standard InChI is InChI=1S/C39H43N7O7/c1-20(2)33(44-38(48)52-4)37(47)45-11-5-6-30(45)35-40-16-29(42-35)23-7-9-25-24(13-23)19-53-32-15-26-22(14-27(25)32)8-10-28-34(26)43-36(41-28)31-12-21(18-51-3)17-46(31)39(49)50/h7-10,13-16,20-21,30-31,33H,5-6,11-12,17-19H2,1-4H3,(H,40,42)(H,41,43)(H,44,48)(H,49,50)/t21-,30-,31-,33-/m0/s1. The number of carboxylic acid groups (broad SMARTS) is 1. The second-order valence-electron chi connectivity index (χ2n) is 14.6. The first-order chi connectivity index (χ1) is 25.6. The number of nitrogens with one attached hydrogen (secondary N) is 3. The highest BCUT2D eigenvalue weighted by Gasteiger charge is 2.39. The molecular weight excluding hydrogens is 678 g/mol. The number of amides is 3. The zero-order valence-corrected chi connectivity index (χ0v) is 30.1. The Morgan fingerprint density at radius 2 is 1.89 bits per heavy atom. The second kappa shape index (κ2) is 13.7. The molecule has 0 radical (unpaired) electrons. The van der Waals surface area contributed by atoms with Crippen molar-refractivity contribution in [1.82, 2.24) is 35.1 Å². The number of ether oxygens (including phenoxy) is 3. The van der Waals surface area contributed by atoms with E-state index in [1.807, 2.05) is 26.0 Å². The lowest BCUT2D eigenvalue weighted by atomic mass is 9.92. The molecule has 2 aromatic heterocycles. The van der Waals surface area contributed by atoms with Crippen molar-refractivity contribution < 1.29 is 33.7 Å². The fraction of sp³-hybridized carbons (Fsp3) is 0.410. The van der Waals surface area contributed by atoms with Crippen LogP contribution in [-0.4, -0.2) is 92.9 Å². The topological polar surface area (TPSA) is 175 Å². The summed E-state index contributed by atoms with van der Waals surface area (Å²) in [6, 6.07) is 13.2. The van der Waals surface area contributed by atoms with E-state index in [1.54, 1.807) is 18.2 Å². The summed E-state index contributed by atoms with van der Waals surface area (Å²) in [5, 5.41) is 14.5. The van der Waals surface area contributed by atoms with Gasteiger partial charge < -0.3 is 39.5 Å². The molecule has 5 heterocycles. The molecule has 4 N–H and O–H groups in total. The van der Waals surface area contributed by atoms with E-state index in [-0.39, 0.29) is 29.8 Å². The number of imidazole rings is 2. The Balaban J connectivity index is 1.05. The Hall–Kier alpha value is -5.63. The van der Waals surface area contributed by atoms with Gasteiger partial charge in [0.1, 0.15) is 30.0 Å². The Labute approximate surface area is 305 Å².